The van der Waals surface area contributed by atoms with Crippen molar-refractivity contribution in [1.29, 1.82) is 0 Å². The molecule has 1 aliphatic carbocycles. The SMILES string of the molecule is C=C1/C(=C\C(I)=C/C)C(C)(C)c2cc(I)ccc21. The Morgan fingerprint density at radius 3 is 2.61 bits per heavy atom. The summed E-state index contributed by atoms with van der Waals surface area (Å²) < 4.78 is 2.55. The Balaban J connectivity index is 2.65. The van der Waals surface area contributed by atoms with Gasteiger partial charge in [0.25, 0.3) is 0 Å². The van der Waals surface area contributed by atoms with Gasteiger partial charge in [-0.2, -0.15) is 0 Å². The fourth-order valence-corrected chi connectivity index (χ4v) is 3.26. The van der Waals surface area contributed by atoms with E-state index in [2.05, 4.69) is 103 Å². The molecule has 0 nitrogen and oxygen atoms in total. The Labute approximate surface area is 137 Å². The number of fused-ring (bicyclic) bond motifs is 1. The molecule has 0 atom stereocenters. The first-order valence-electron chi connectivity index (χ1n) is 5.91. The summed E-state index contributed by atoms with van der Waals surface area (Å²) in [6.07, 6.45) is 4.39. The van der Waals surface area contributed by atoms with Gasteiger partial charge in [-0.3, -0.25) is 0 Å². The highest BCUT2D eigenvalue weighted by atomic mass is 127. The molecule has 0 spiro atoms. The number of hydrogen-bond acceptors (Lipinski definition) is 0. The van der Waals surface area contributed by atoms with E-state index >= 15 is 0 Å². The smallest absolute Gasteiger partial charge is 0.0159 e. The van der Waals surface area contributed by atoms with Gasteiger partial charge >= 0.3 is 0 Å². The molecule has 0 aliphatic heterocycles. The lowest BCUT2D eigenvalue weighted by atomic mass is 9.82. The third-order valence-electron chi connectivity index (χ3n) is 3.54. The summed E-state index contributed by atoms with van der Waals surface area (Å²) in [5.74, 6) is 0. The summed E-state index contributed by atoms with van der Waals surface area (Å²) in [6.45, 7) is 10.9. The molecule has 0 amide bonds. The molecule has 0 N–H and O–H groups in total. The van der Waals surface area contributed by atoms with Crippen LogP contribution in [0.5, 0.6) is 0 Å². The van der Waals surface area contributed by atoms with Crippen LogP contribution in [0, 0.1) is 3.57 Å². The fourth-order valence-electron chi connectivity index (χ4n) is 2.45. The number of rotatable bonds is 1. The maximum absolute atomic E-state index is 4.29. The third kappa shape index (κ3) is 2.33. The Bertz CT molecular complexity index is 575. The number of allylic oxidation sites excluding steroid dienone is 5. The lowest BCUT2D eigenvalue weighted by molar-refractivity contribution is 0.660. The van der Waals surface area contributed by atoms with Gasteiger partial charge in [0.15, 0.2) is 0 Å². The fraction of sp³-hybridized carbons (Fsp3) is 0.250. The van der Waals surface area contributed by atoms with Crippen LogP contribution in [-0.4, -0.2) is 0 Å². The Kier molecular flexibility index (Phi) is 4.07. The van der Waals surface area contributed by atoms with E-state index < -0.39 is 0 Å². The van der Waals surface area contributed by atoms with E-state index in [9.17, 15) is 0 Å². The molecule has 1 aromatic rings. The highest BCUT2D eigenvalue weighted by Gasteiger charge is 2.37. The van der Waals surface area contributed by atoms with Crippen LogP contribution in [0.15, 0.2) is 46.1 Å². The third-order valence-corrected chi connectivity index (χ3v) is 5.14. The summed E-state index contributed by atoms with van der Waals surface area (Å²) in [4.78, 5) is 0. The zero-order chi connectivity index (χ0) is 13.5. The van der Waals surface area contributed by atoms with Crippen molar-refractivity contribution in [3.63, 3.8) is 0 Å². The van der Waals surface area contributed by atoms with Gasteiger partial charge in [-0.25, -0.2) is 0 Å². The number of benzene rings is 1. The molecule has 0 saturated carbocycles. The largest absolute Gasteiger partial charge is 0.0908 e. The molecule has 2 rings (SSSR count). The summed E-state index contributed by atoms with van der Waals surface area (Å²) in [5.41, 5.74) is 5.25. The molecule has 0 radical (unpaired) electrons. The van der Waals surface area contributed by atoms with Gasteiger partial charge in [0.1, 0.15) is 0 Å². The van der Waals surface area contributed by atoms with Crippen molar-refractivity contribution in [2.45, 2.75) is 26.2 Å². The molecule has 2 heteroatoms. The zero-order valence-corrected chi connectivity index (χ0v) is 15.2. The molecular weight excluding hydrogens is 446 g/mol. The molecule has 0 saturated heterocycles. The molecule has 0 bridgehead atoms. The first-order valence-corrected chi connectivity index (χ1v) is 8.07. The molecule has 94 valence electrons. The first-order chi connectivity index (χ1) is 8.37. The van der Waals surface area contributed by atoms with Crippen LogP contribution in [0.3, 0.4) is 0 Å². The lowest BCUT2D eigenvalue weighted by Gasteiger charge is -2.22. The van der Waals surface area contributed by atoms with E-state index in [1.165, 1.54) is 29.4 Å². The predicted octanol–water partition coefficient (Wildman–Crippen LogP) is 5.86. The van der Waals surface area contributed by atoms with Crippen LogP contribution < -0.4 is 0 Å². The van der Waals surface area contributed by atoms with Crippen LogP contribution >= 0.6 is 45.2 Å². The van der Waals surface area contributed by atoms with Gasteiger partial charge in [-0.1, -0.05) is 32.6 Å². The summed E-state index contributed by atoms with van der Waals surface area (Å²) in [6, 6.07) is 6.64. The van der Waals surface area contributed by atoms with Gasteiger partial charge in [0.05, 0.1) is 0 Å². The number of halogens is 2. The van der Waals surface area contributed by atoms with Gasteiger partial charge < -0.3 is 0 Å². The zero-order valence-electron chi connectivity index (χ0n) is 10.8. The predicted molar refractivity (Wildman–Crippen MR) is 97.1 cm³/mol. The van der Waals surface area contributed by atoms with E-state index in [0.29, 0.717) is 0 Å². The van der Waals surface area contributed by atoms with E-state index in [1.54, 1.807) is 0 Å². The number of hydrogen-bond donors (Lipinski definition) is 0. The summed E-state index contributed by atoms with van der Waals surface area (Å²) in [5, 5.41) is 0. The summed E-state index contributed by atoms with van der Waals surface area (Å²) >= 11 is 4.74. The minimum Gasteiger partial charge on any atom is -0.0908 e. The molecule has 0 fully saturated rings. The van der Waals surface area contributed by atoms with Gasteiger partial charge in [-0.05, 0) is 92.6 Å². The molecule has 18 heavy (non-hydrogen) atoms. The van der Waals surface area contributed by atoms with Crippen molar-refractivity contribution in [2.24, 2.45) is 0 Å². The summed E-state index contributed by atoms with van der Waals surface area (Å²) in [7, 11) is 0. The highest BCUT2D eigenvalue weighted by Crippen LogP contribution is 2.49. The monoisotopic (exact) mass is 462 g/mol. The van der Waals surface area contributed by atoms with Crippen LogP contribution in [-0.2, 0) is 5.41 Å². The van der Waals surface area contributed by atoms with E-state index in [0.717, 1.165) is 0 Å². The standard InChI is InChI=1S/C16H16I2/c1-5-11(17)8-14-10(2)13-7-6-12(18)9-15(13)16(14,3)4/h5-9H,2H2,1,3-4H3/b11-5+,14-8+. The molecule has 0 aromatic heterocycles. The van der Waals surface area contributed by atoms with E-state index in [-0.39, 0.29) is 5.41 Å². The second-order valence-corrected chi connectivity index (χ2v) is 7.52. The maximum atomic E-state index is 4.29. The lowest BCUT2D eigenvalue weighted by Crippen LogP contribution is -2.15. The van der Waals surface area contributed by atoms with Crippen molar-refractivity contribution in [3.8, 4) is 0 Å². The van der Waals surface area contributed by atoms with Crippen LogP contribution in [0.1, 0.15) is 31.9 Å². The molecule has 0 heterocycles. The van der Waals surface area contributed by atoms with Crippen molar-refractivity contribution in [1.82, 2.24) is 0 Å². The van der Waals surface area contributed by atoms with Crippen LogP contribution in [0.2, 0.25) is 0 Å². The minimum atomic E-state index is 0.0486. The highest BCUT2D eigenvalue weighted by molar-refractivity contribution is 14.1. The average molecular weight is 462 g/mol. The van der Waals surface area contributed by atoms with Gasteiger partial charge in [0, 0.05) is 12.6 Å². The molecule has 1 aliphatic rings. The average Bonchev–Trinajstić information content (AvgIpc) is 2.50. The van der Waals surface area contributed by atoms with Crippen molar-refractivity contribution in [2.75, 3.05) is 0 Å². The quantitative estimate of drug-likeness (QED) is 0.459. The van der Waals surface area contributed by atoms with Gasteiger partial charge in [-0.15, -0.1) is 0 Å². The second kappa shape index (κ2) is 5.12. The molecule has 1 aromatic carbocycles. The Hall–Kier alpha value is -0.100. The van der Waals surface area contributed by atoms with Crippen molar-refractivity contribution in [3.05, 3.63) is 60.8 Å². The normalized spacial score (nSPS) is 20.4. The van der Waals surface area contributed by atoms with Crippen molar-refractivity contribution >= 4 is 50.8 Å². The topological polar surface area (TPSA) is 0 Å². The van der Waals surface area contributed by atoms with Gasteiger partial charge in [0.2, 0.25) is 0 Å². The Morgan fingerprint density at radius 2 is 2.00 bits per heavy atom. The van der Waals surface area contributed by atoms with Crippen LogP contribution in [0.4, 0.5) is 0 Å². The second-order valence-electron chi connectivity index (χ2n) is 5.03. The van der Waals surface area contributed by atoms with E-state index in [4.69, 9.17) is 0 Å². The first kappa shape index (κ1) is 14.3. The Morgan fingerprint density at radius 1 is 1.33 bits per heavy atom. The minimum absolute atomic E-state index is 0.0486. The maximum Gasteiger partial charge on any atom is 0.0159 e. The van der Waals surface area contributed by atoms with E-state index in [1.807, 2.05) is 0 Å². The van der Waals surface area contributed by atoms with Crippen LogP contribution in [0.25, 0.3) is 5.57 Å². The van der Waals surface area contributed by atoms with Crippen molar-refractivity contribution < 1.29 is 0 Å². The molecular formula is C16H16I2. The molecule has 0 unspecified atom stereocenters.